The van der Waals surface area contributed by atoms with Crippen molar-refractivity contribution in [2.24, 2.45) is 0 Å². The topological polar surface area (TPSA) is 44.8 Å². The molecular formula is C8H14O4. The summed E-state index contributed by atoms with van der Waals surface area (Å²) in [5, 5.41) is 0. The smallest absolute Gasteiger partial charge is 0.305 e. The third kappa shape index (κ3) is 2.79. The Morgan fingerprint density at radius 2 is 2.25 bits per heavy atom. The summed E-state index contributed by atoms with van der Waals surface area (Å²) >= 11 is 0. The third-order valence-corrected chi connectivity index (χ3v) is 1.45. The van der Waals surface area contributed by atoms with Gasteiger partial charge in [0.25, 0.3) is 0 Å². The molecule has 1 atom stereocenters. The SMILES string of the molecule is CC(=O)OC1COCC(C)(C)O1. The second-order valence-corrected chi connectivity index (χ2v) is 3.43. The first-order chi connectivity index (χ1) is 5.49. The Bertz CT molecular complexity index is 176. The molecule has 1 aliphatic heterocycles. The molecule has 0 aromatic rings. The van der Waals surface area contributed by atoms with E-state index < -0.39 is 6.29 Å². The van der Waals surface area contributed by atoms with E-state index >= 15 is 0 Å². The molecule has 0 N–H and O–H groups in total. The van der Waals surface area contributed by atoms with Crippen LogP contribution in [0.15, 0.2) is 0 Å². The Labute approximate surface area is 71.8 Å². The minimum atomic E-state index is -0.550. The number of hydrogen-bond donors (Lipinski definition) is 0. The molecule has 1 rings (SSSR count). The lowest BCUT2D eigenvalue weighted by Crippen LogP contribution is -2.44. The van der Waals surface area contributed by atoms with Crippen LogP contribution in [0.3, 0.4) is 0 Å². The van der Waals surface area contributed by atoms with E-state index in [4.69, 9.17) is 14.2 Å². The van der Waals surface area contributed by atoms with Crippen molar-refractivity contribution < 1.29 is 19.0 Å². The molecule has 0 aromatic heterocycles. The minimum absolute atomic E-state index is 0.322. The fraction of sp³-hybridized carbons (Fsp3) is 0.875. The molecule has 1 heterocycles. The molecule has 12 heavy (non-hydrogen) atoms. The zero-order chi connectivity index (χ0) is 9.19. The van der Waals surface area contributed by atoms with Gasteiger partial charge in [-0.15, -0.1) is 0 Å². The lowest BCUT2D eigenvalue weighted by molar-refractivity contribution is -0.263. The molecule has 0 aromatic carbocycles. The van der Waals surface area contributed by atoms with Gasteiger partial charge in [-0.05, 0) is 13.8 Å². The zero-order valence-corrected chi connectivity index (χ0v) is 7.62. The number of rotatable bonds is 1. The number of carbonyl (C=O) groups is 1. The monoisotopic (exact) mass is 174 g/mol. The van der Waals surface area contributed by atoms with Crippen LogP contribution in [0.25, 0.3) is 0 Å². The van der Waals surface area contributed by atoms with Gasteiger partial charge in [0.1, 0.15) is 6.61 Å². The van der Waals surface area contributed by atoms with Crippen molar-refractivity contribution >= 4 is 5.97 Å². The number of esters is 1. The van der Waals surface area contributed by atoms with Gasteiger partial charge in [0.05, 0.1) is 12.2 Å². The molecule has 4 nitrogen and oxygen atoms in total. The third-order valence-electron chi connectivity index (χ3n) is 1.45. The van der Waals surface area contributed by atoms with Crippen LogP contribution in [0, 0.1) is 0 Å². The van der Waals surface area contributed by atoms with Crippen LogP contribution in [0.4, 0.5) is 0 Å². The van der Waals surface area contributed by atoms with Gasteiger partial charge in [-0.1, -0.05) is 0 Å². The van der Waals surface area contributed by atoms with Crippen LogP contribution in [0.5, 0.6) is 0 Å². The van der Waals surface area contributed by atoms with E-state index in [9.17, 15) is 4.79 Å². The summed E-state index contributed by atoms with van der Waals surface area (Å²) in [5.74, 6) is -0.346. The van der Waals surface area contributed by atoms with Crippen molar-refractivity contribution in [3.8, 4) is 0 Å². The summed E-state index contributed by atoms with van der Waals surface area (Å²) in [7, 11) is 0. The second-order valence-electron chi connectivity index (χ2n) is 3.43. The maximum atomic E-state index is 10.6. The van der Waals surface area contributed by atoms with Gasteiger partial charge in [0, 0.05) is 6.92 Å². The quantitative estimate of drug-likeness (QED) is 0.549. The second kappa shape index (κ2) is 3.41. The first kappa shape index (κ1) is 9.48. The van der Waals surface area contributed by atoms with E-state index in [1.807, 2.05) is 13.8 Å². The molecule has 0 aliphatic carbocycles. The van der Waals surface area contributed by atoms with Crippen molar-refractivity contribution in [3.63, 3.8) is 0 Å². The van der Waals surface area contributed by atoms with Gasteiger partial charge in [-0.3, -0.25) is 4.79 Å². The maximum Gasteiger partial charge on any atom is 0.305 e. The molecule has 1 aliphatic rings. The Hall–Kier alpha value is -0.610. The molecular weight excluding hydrogens is 160 g/mol. The maximum absolute atomic E-state index is 10.6. The highest BCUT2D eigenvalue weighted by molar-refractivity contribution is 5.66. The average Bonchev–Trinajstić information content (AvgIpc) is 1.82. The molecule has 1 saturated heterocycles. The summed E-state index contributed by atoms with van der Waals surface area (Å²) in [6, 6.07) is 0. The fourth-order valence-electron chi connectivity index (χ4n) is 1.07. The van der Waals surface area contributed by atoms with Crippen LogP contribution < -0.4 is 0 Å². The Morgan fingerprint density at radius 3 is 2.75 bits per heavy atom. The van der Waals surface area contributed by atoms with Gasteiger partial charge in [-0.2, -0.15) is 0 Å². The first-order valence-electron chi connectivity index (χ1n) is 3.92. The van der Waals surface area contributed by atoms with E-state index in [1.54, 1.807) is 0 Å². The van der Waals surface area contributed by atoms with E-state index in [0.717, 1.165) is 0 Å². The standard InChI is InChI=1S/C8H14O4/c1-6(9)11-7-4-10-5-8(2,3)12-7/h7H,4-5H2,1-3H3. The minimum Gasteiger partial charge on any atom is -0.433 e. The van der Waals surface area contributed by atoms with E-state index in [0.29, 0.717) is 13.2 Å². The van der Waals surface area contributed by atoms with Crippen molar-refractivity contribution in [1.29, 1.82) is 0 Å². The van der Waals surface area contributed by atoms with Crippen molar-refractivity contribution in [2.75, 3.05) is 13.2 Å². The molecule has 0 amide bonds. The predicted octanol–water partition coefficient (Wildman–Crippen LogP) is 0.701. The van der Waals surface area contributed by atoms with E-state index in [2.05, 4.69) is 0 Å². The summed E-state index contributed by atoms with van der Waals surface area (Å²) in [4.78, 5) is 10.6. The van der Waals surface area contributed by atoms with Crippen molar-refractivity contribution in [2.45, 2.75) is 32.7 Å². The molecule has 1 unspecified atom stereocenters. The first-order valence-corrected chi connectivity index (χ1v) is 3.92. The molecule has 70 valence electrons. The summed E-state index contributed by atoms with van der Waals surface area (Å²) in [6.45, 7) is 5.99. The highest BCUT2D eigenvalue weighted by Crippen LogP contribution is 2.18. The van der Waals surface area contributed by atoms with Gasteiger partial charge in [0.2, 0.25) is 6.29 Å². The molecule has 4 heteroatoms. The van der Waals surface area contributed by atoms with Gasteiger partial charge in [-0.25, -0.2) is 0 Å². The van der Waals surface area contributed by atoms with Gasteiger partial charge >= 0.3 is 5.97 Å². The Balaban J connectivity index is 2.41. The van der Waals surface area contributed by atoms with Crippen LogP contribution >= 0.6 is 0 Å². The number of hydrogen-bond acceptors (Lipinski definition) is 4. The van der Waals surface area contributed by atoms with Crippen molar-refractivity contribution in [1.82, 2.24) is 0 Å². The molecule has 0 saturated carbocycles. The van der Waals surface area contributed by atoms with Crippen LogP contribution in [0.2, 0.25) is 0 Å². The van der Waals surface area contributed by atoms with Crippen LogP contribution in [0.1, 0.15) is 20.8 Å². The Kier molecular flexibility index (Phi) is 2.69. The molecule has 1 fully saturated rings. The summed E-state index contributed by atoms with van der Waals surface area (Å²) in [5.41, 5.74) is -0.363. The van der Waals surface area contributed by atoms with Crippen LogP contribution in [-0.2, 0) is 19.0 Å². The van der Waals surface area contributed by atoms with E-state index in [1.165, 1.54) is 6.92 Å². The number of ether oxygens (including phenoxy) is 3. The zero-order valence-electron chi connectivity index (χ0n) is 7.62. The largest absolute Gasteiger partial charge is 0.433 e. The summed E-state index contributed by atoms with van der Waals surface area (Å²) in [6.07, 6.45) is -0.550. The van der Waals surface area contributed by atoms with Gasteiger partial charge in [0.15, 0.2) is 0 Å². The number of carbonyl (C=O) groups excluding carboxylic acids is 1. The summed E-state index contributed by atoms with van der Waals surface area (Å²) < 4.78 is 15.5. The lowest BCUT2D eigenvalue weighted by Gasteiger charge is -2.34. The van der Waals surface area contributed by atoms with Crippen LogP contribution in [-0.4, -0.2) is 31.1 Å². The fourth-order valence-corrected chi connectivity index (χ4v) is 1.07. The van der Waals surface area contributed by atoms with Crippen molar-refractivity contribution in [3.05, 3.63) is 0 Å². The molecule has 0 spiro atoms. The Morgan fingerprint density at radius 1 is 1.58 bits per heavy atom. The van der Waals surface area contributed by atoms with E-state index in [-0.39, 0.29) is 11.6 Å². The highest BCUT2D eigenvalue weighted by Gasteiger charge is 2.30. The average molecular weight is 174 g/mol. The molecule has 0 bridgehead atoms. The molecule has 0 radical (unpaired) electrons. The normalized spacial score (nSPS) is 28.1. The lowest BCUT2D eigenvalue weighted by atomic mass is 10.1. The predicted molar refractivity (Wildman–Crippen MR) is 41.5 cm³/mol. The van der Waals surface area contributed by atoms with Gasteiger partial charge < -0.3 is 14.2 Å². The highest BCUT2D eigenvalue weighted by atomic mass is 16.7.